The van der Waals surface area contributed by atoms with Crippen molar-refractivity contribution >= 4 is 11.7 Å². The second kappa shape index (κ2) is 6.63. The molecule has 2 atom stereocenters. The molecule has 6 nitrogen and oxygen atoms in total. The van der Waals surface area contributed by atoms with Crippen molar-refractivity contribution in [3.8, 4) is 0 Å². The van der Waals surface area contributed by atoms with Gasteiger partial charge in [0.1, 0.15) is 0 Å². The molecule has 3 heterocycles. The standard InChI is InChI=1S/C20H31N5O/c1-15(2)18-20(8-4-5-9-20)14-25(18)19(26)22-16-7-6-10-24(12-16)17-11-21-23(3)13-17/h4-5,11,13,15-16,18H,6-10,12,14H2,1-3H3,(H,22,26). The van der Waals surface area contributed by atoms with Crippen LogP contribution in [-0.2, 0) is 7.05 Å². The van der Waals surface area contributed by atoms with Crippen LogP contribution in [0.4, 0.5) is 10.5 Å². The summed E-state index contributed by atoms with van der Waals surface area (Å²) in [6.07, 6.45) is 12.9. The number of rotatable bonds is 3. The number of amides is 2. The van der Waals surface area contributed by atoms with E-state index in [9.17, 15) is 4.79 Å². The molecule has 2 saturated heterocycles. The van der Waals surface area contributed by atoms with Gasteiger partial charge in [0, 0.05) is 50.4 Å². The number of carbonyl (C=O) groups is 1. The summed E-state index contributed by atoms with van der Waals surface area (Å²) in [7, 11) is 1.94. The summed E-state index contributed by atoms with van der Waals surface area (Å²) in [4.78, 5) is 17.4. The number of carbonyl (C=O) groups excluding carboxylic acids is 1. The van der Waals surface area contributed by atoms with E-state index in [0.717, 1.165) is 51.0 Å². The van der Waals surface area contributed by atoms with Crippen LogP contribution in [0.5, 0.6) is 0 Å². The molecule has 0 bridgehead atoms. The van der Waals surface area contributed by atoms with E-state index < -0.39 is 0 Å². The topological polar surface area (TPSA) is 53.4 Å². The minimum absolute atomic E-state index is 0.124. The average molecular weight is 358 g/mol. The molecule has 6 heteroatoms. The van der Waals surface area contributed by atoms with Gasteiger partial charge >= 0.3 is 6.03 Å². The number of anilines is 1. The first-order chi connectivity index (χ1) is 12.5. The molecule has 142 valence electrons. The second-order valence-corrected chi connectivity index (χ2v) is 8.67. The maximum atomic E-state index is 13.0. The van der Waals surface area contributed by atoms with Gasteiger partial charge in [0.25, 0.3) is 0 Å². The highest BCUT2D eigenvalue weighted by molar-refractivity contribution is 5.76. The predicted octanol–water partition coefficient (Wildman–Crippen LogP) is 2.78. The smallest absolute Gasteiger partial charge is 0.317 e. The highest BCUT2D eigenvalue weighted by Crippen LogP contribution is 2.50. The van der Waals surface area contributed by atoms with Crippen LogP contribution in [0.15, 0.2) is 24.5 Å². The number of urea groups is 1. The lowest BCUT2D eigenvalue weighted by molar-refractivity contribution is -0.0582. The number of hydrogen-bond acceptors (Lipinski definition) is 3. The molecular formula is C20H31N5O. The number of aromatic nitrogens is 2. The SMILES string of the molecule is CC(C)C1N(C(=O)NC2CCCN(c3cnn(C)c3)C2)CC12CC=CC2. The molecule has 3 aliphatic rings. The lowest BCUT2D eigenvalue weighted by atomic mass is 9.65. The second-order valence-electron chi connectivity index (χ2n) is 8.67. The van der Waals surface area contributed by atoms with Gasteiger partial charge < -0.3 is 15.1 Å². The molecule has 4 rings (SSSR count). The lowest BCUT2D eigenvalue weighted by Crippen LogP contribution is -2.70. The Labute approximate surface area is 156 Å². The molecular weight excluding hydrogens is 326 g/mol. The average Bonchev–Trinajstić information content (AvgIpc) is 3.22. The summed E-state index contributed by atoms with van der Waals surface area (Å²) < 4.78 is 1.83. The van der Waals surface area contributed by atoms with Gasteiger partial charge in [-0.15, -0.1) is 0 Å². The predicted molar refractivity (Wildman–Crippen MR) is 103 cm³/mol. The fourth-order valence-electron chi connectivity index (χ4n) is 5.26. The Morgan fingerprint density at radius 2 is 2.12 bits per heavy atom. The summed E-state index contributed by atoms with van der Waals surface area (Å²) >= 11 is 0. The summed E-state index contributed by atoms with van der Waals surface area (Å²) in [5, 5.41) is 7.59. The van der Waals surface area contributed by atoms with Crippen LogP contribution in [0.25, 0.3) is 0 Å². The zero-order chi connectivity index (χ0) is 18.3. The highest BCUT2D eigenvalue weighted by Gasteiger charge is 2.55. The van der Waals surface area contributed by atoms with E-state index in [0.29, 0.717) is 17.4 Å². The molecule has 1 aromatic rings. The van der Waals surface area contributed by atoms with Crippen molar-refractivity contribution in [3.63, 3.8) is 0 Å². The first-order valence-corrected chi connectivity index (χ1v) is 9.94. The molecule has 1 spiro atoms. The number of aryl methyl sites for hydroxylation is 1. The van der Waals surface area contributed by atoms with Crippen molar-refractivity contribution in [3.05, 3.63) is 24.5 Å². The van der Waals surface area contributed by atoms with Crippen LogP contribution >= 0.6 is 0 Å². The van der Waals surface area contributed by atoms with E-state index in [2.05, 4.69) is 46.2 Å². The lowest BCUT2D eigenvalue weighted by Gasteiger charge is -2.58. The van der Waals surface area contributed by atoms with Gasteiger partial charge in [-0.1, -0.05) is 26.0 Å². The summed E-state index contributed by atoms with van der Waals surface area (Å²) in [5.74, 6) is 0.493. The maximum absolute atomic E-state index is 13.0. The van der Waals surface area contributed by atoms with Gasteiger partial charge in [-0.2, -0.15) is 5.10 Å². The Balaban J connectivity index is 1.37. The molecule has 2 fully saturated rings. The van der Waals surface area contributed by atoms with Crippen LogP contribution in [0.3, 0.4) is 0 Å². The number of hydrogen-bond donors (Lipinski definition) is 1. The first-order valence-electron chi connectivity index (χ1n) is 9.94. The van der Waals surface area contributed by atoms with Gasteiger partial charge in [-0.3, -0.25) is 4.68 Å². The highest BCUT2D eigenvalue weighted by atomic mass is 16.2. The summed E-state index contributed by atoms with van der Waals surface area (Å²) in [6, 6.07) is 0.692. The fraction of sp³-hybridized carbons (Fsp3) is 0.700. The van der Waals surface area contributed by atoms with Gasteiger partial charge in [0.05, 0.1) is 11.9 Å². The molecule has 0 saturated carbocycles. The number of allylic oxidation sites excluding steroid dienone is 2. The first kappa shape index (κ1) is 17.4. The normalized spacial score (nSPS) is 27.2. The minimum Gasteiger partial charge on any atom is -0.367 e. The Morgan fingerprint density at radius 3 is 2.77 bits per heavy atom. The maximum Gasteiger partial charge on any atom is 0.317 e. The monoisotopic (exact) mass is 357 g/mol. The van der Waals surface area contributed by atoms with Crippen LogP contribution in [0.2, 0.25) is 0 Å². The largest absolute Gasteiger partial charge is 0.367 e. The van der Waals surface area contributed by atoms with E-state index in [1.54, 1.807) is 0 Å². The molecule has 1 N–H and O–H groups in total. The minimum atomic E-state index is 0.124. The van der Waals surface area contributed by atoms with Gasteiger partial charge in [0.2, 0.25) is 0 Å². The molecule has 0 aromatic carbocycles. The van der Waals surface area contributed by atoms with Crippen molar-refractivity contribution in [1.29, 1.82) is 0 Å². The van der Waals surface area contributed by atoms with Crippen LogP contribution < -0.4 is 10.2 Å². The van der Waals surface area contributed by atoms with E-state index >= 15 is 0 Å². The Bertz CT molecular complexity index is 686. The third-order valence-corrected chi connectivity index (χ3v) is 6.36. The quantitative estimate of drug-likeness (QED) is 0.847. The Morgan fingerprint density at radius 1 is 1.35 bits per heavy atom. The molecule has 2 unspecified atom stereocenters. The van der Waals surface area contributed by atoms with Crippen molar-refractivity contribution in [2.75, 3.05) is 24.5 Å². The molecule has 2 amide bonds. The van der Waals surface area contributed by atoms with Crippen molar-refractivity contribution in [2.45, 2.75) is 51.6 Å². The number of nitrogens with zero attached hydrogens (tertiary/aromatic N) is 4. The zero-order valence-electron chi connectivity index (χ0n) is 16.2. The molecule has 26 heavy (non-hydrogen) atoms. The van der Waals surface area contributed by atoms with E-state index in [1.165, 1.54) is 0 Å². The molecule has 1 aromatic heterocycles. The van der Waals surface area contributed by atoms with Gasteiger partial charge in [-0.05, 0) is 31.6 Å². The molecule has 0 radical (unpaired) electrons. The Kier molecular flexibility index (Phi) is 4.45. The third kappa shape index (κ3) is 2.99. The Hall–Kier alpha value is -1.98. The zero-order valence-corrected chi connectivity index (χ0v) is 16.2. The third-order valence-electron chi connectivity index (χ3n) is 6.36. The van der Waals surface area contributed by atoms with E-state index in [4.69, 9.17) is 0 Å². The summed E-state index contributed by atoms with van der Waals surface area (Å²) in [6.45, 7) is 7.28. The van der Waals surface area contributed by atoms with Crippen LogP contribution in [0.1, 0.15) is 39.5 Å². The number of likely N-dealkylation sites (tertiary alicyclic amines) is 1. The van der Waals surface area contributed by atoms with Crippen LogP contribution in [0, 0.1) is 11.3 Å². The van der Waals surface area contributed by atoms with Crippen LogP contribution in [-0.4, -0.2) is 52.4 Å². The van der Waals surface area contributed by atoms with Crippen molar-refractivity contribution in [2.24, 2.45) is 18.4 Å². The fourth-order valence-corrected chi connectivity index (χ4v) is 5.26. The van der Waals surface area contributed by atoms with Crippen molar-refractivity contribution in [1.82, 2.24) is 20.0 Å². The molecule has 2 aliphatic heterocycles. The summed E-state index contributed by atoms with van der Waals surface area (Å²) in [5.41, 5.74) is 1.45. The van der Waals surface area contributed by atoms with Gasteiger partial charge in [0.15, 0.2) is 0 Å². The number of piperidine rings is 1. The molecule has 1 aliphatic carbocycles. The van der Waals surface area contributed by atoms with Gasteiger partial charge in [-0.25, -0.2) is 4.79 Å². The number of nitrogens with one attached hydrogen (secondary N) is 1. The van der Waals surface area contributed by atoms with E-state index in [-0.39, 0.29) is 12.1 Å². The van der Waals surface area contributed by atoms with E-state index in [1.807, 2.05) is 24.1 Å². The van der Waals surface area contributed by atoms with Crippen molar-refractivity contribution < 1.29 is 4.79 Å².